The van der Waals surface area contributed by atoms with Gasteiger partial charge in [-0.15, -0.1) is 0 Å². The average Bonchev–Trinajstić information content (AvgIpc) is 3.17. The van der Waals surface area contributed by atoms with Crippen molar-refractivity contribution in [3.05, 3.63) is 70.8 Å². The van der Waals surface area contributed by atoms with Crippen molar-refractivity contribution in [2.75, 3.05) is 6.61 Å². The number of nitrogens with one attached hydrogen (secondary N) is 3. The van der Waals surface area contributed by atoms with E-state index in [1.54, 1.807) is 30.3 Å². The number of benzene rings is 2. The third-order valence-electron chi connectivity index (χ3n) is 6.20. The molecular formula is C23H21F6N3O3. The van der Waals surface area contributed by atoms with Crippen molar-refractivity contribution in [1.29, 1.82) is 0 Å². The third kappa shape index (κ3) is 5.07. The average molecular weight is 501 g/mol. The number of hydrogen-bond acceptors (Lipinski definition) is 3. The number of carbonyl (C=O) groups excluding carboxylic acids is 2. The molecule has 188 valence electrons. The van der Waals surface area contributed by atoms with E-state index in [9.17, 15) is 35.9 Å². The van der Waals surface area contributed by atoms with Crippen molar-refractivity contribution < 1.29 is 40.7 Å². The van der Waals surface area contributed by atoms with Crippen LogP contribution in [0.4, 0.5) is 31.1 Å². The Hall–Kier alpha value is -3.28. The van der Waals surface area contributed by atoms with E-state index in [2.05, 4.69) is 16.0 Å². The second kappa shape index (κ2) is 8.74. The molecule has 2 aliphatic heterocycles. The van der Waals surface area contributed by atoms with Crippen molar-refractivity contribution in [2.24, 2.45) is 0 Å². The number of urea groups is 1. The summed E-state index contributed by atoms with van der Waals surface area (Å²) in [6, 6.07) is 7.98. The third-order valence-corrected chi connectivity index (χ3v) is 6.20. The van der Waals surface area contributed by atoms with Gasteiger partial charge in [-0.25, -0.2) is 4.79 Å². The van der Waals surface area contributed by atoms with Crippen LogP contribution in [0, 0.1) is 0 Å². The summed E-state index contributed by atoms with van der Waals surface area (Å²) in [5, 5.41) is 8.01. The van der Waals surface area contributed by atoms with E-state index in [4.69, 9.17) is 4.74 Å². The fourth-order valence-electron chi connectivity index (χ4n) is 4.40. The lowest BCUT2D eigenvalue weighted by Gasteiger charge is -2.43. The van der Waals surface area contributed by atoms with Gasteiger partial charge in [0.15, 0.2) is 0 Å². The Morgan fingerprint density at radius 1 is 0.971 bits per heavy atom. The van der Waals surface area contributed by atoms with Crippen molar-refractivity contribution >= 4 is 11.9 Å². The molecule has 6 nitrogen and oxygen atoms in total. The largest absolute Gasteiger partial charge is 0.416 e. The minimum absolute atomic E-state index is 0.0545. The first-order valence-electron chi connectivity index (χ1n) is 10.6. The molecular weight excluding hydrogens is 480 g/mol. The second-order valence-electron chi connectivity index (χ2n) is 8.64. The highest BCUT2D eigenvalue weighted by Crippen LogP contribution is 2.39. The molecule has 0 bridgehead atoms. The van der Waals surface area contributed by atoms with Crippen LogP contribution < -0.4 is 16.0 Å². The summed E-state index contributed by atoms with van der Waals surface area (Å²) >= 11 is 0. The van der Waals surface area contributed by atoms with Crippen LogP contribution in [0.15, 0.2) is 48.5 Å². The number of rotatable bonds is 5. The summed E-state index contributed by atoms with van der Waals surface area (Å²) in [6.45, 7) is 1.07. The molecule has 2 aromatic carbocycles. The Bertz CT molecular complexity index is 1090. The van der Waals surface area contributed by atoms with Gasteiger partial charge in [-0.05, 0) is 42.7 Å². The number of piperidine rings is 1. The van der Waals surface area contributed by atoms with Gasteiger partial charge in [0.2, 0.25) is 5.91 Å². The van der Waals surface area contributed by atoms with E-state index in [0.717, 1.165) is 0 Å². The molecule has 35 heavy (non-hydrogen) atoms. The maximum absolute atomic E-state index is 13.3. The molecule has 3 N–H and O–H groups in total. The van der Waals surface area contributed by atoms with Gasteiger partial charge in [0.1, 0.15) is 6.04 Å². The molecule has 0 aromatic heterocycles. The van der Waals surface area contributed by atoms with Gasteiger partial charge in [-0.1, -0.05) is 30.3 Å². The fraction of sp³-hybridized carbons (Fsp3) is 0.391. The molecule has 0 aliphatic carbocycles. The lowest BCUT2D eigenvalue weighted by atomic mass is 9.79. The quantitative estimate of drug-likeness (QED) is 0.536. The number of ether oxygens (including phenoxy) is 1. The number of alkyl halides is 6. The minimum atomic E-state index is -4.99. The first-order chi connectivity index (χ1) is 16.3. The first-order valence-corrected chi connectivity index (χ1v) is 10.6. The van der Waals surface area contributed by atoms with Gasteiger partial charge < -0.3 is 20.7 Å². The normalized spacial score (nSPS) is 25.3. The van der Waals surface area contributed by atoms with Crippen LogP contribution >= 0.6 is 0 Å². The van der Waals surface area contributed by atoms with Gasteiger partial charge >= 0.3 is 18.4 Å². The van der Waals surface area contributed by atoms with Crippen LogP contribution in [0.2, 0.25) is 0 Å². The van der Waals surface area contributed by atoms with Crippen molar-refractivity contribution in [3.8, 4) is 0 Å². The van der Waals surface area contributed by atoms with E-state index in [-0.39, 0.29) is 24.7 Å². The topological polar surface area (TPSA) is 79.5 Å². The molecule has 4 atom stereocenters. The summed E-state index contributed by atoms with van der Waals surface area (Å²) in [7, 11) is 0. The number of amides is 3. The SMILES string of the molecule is C[C@@H](OC[C@@]1(c2ccccc2)C[C@H]2NC(=O)NC2C(=O)N1)c1cc(C(F)(F)F)cc(C(F)(F)F)c1. The summed E-state index contributed by atoms with van der Waals surface area (Å²) in [5.74, 6) is -0.488. The Morgan fingerprint density at radius 3 is 2.14 bits per heavy atom. The number of fused-ring (bicyclic) bond motifs is 1. The smallest absolute Gasteiger partial charge is 0.371 e. The number of carbonyl (C=O) groups is 2. The molecule has 0 spiro atoms. The lowest BCUT2D eigenvalue weighted by molar-refractivity contribution is -0.143. The molecule has 1 unspecified atom stereocenters. The second-order valence-corrected chi connectivity index (χ2v) is 8.64. The minimum Gasteiger partial charge on any atom is -0.371 e. The molecule has 2 fully saturated rings. The number of hydrogen-bond donors (Lipinski definition) is 3. The molecule has 2 aromatic rings. The van der Waals surface area contributed by atoms with E-state index in [1.165, 1.54) is 6.92 Å². The molecule has 4 rings (SSSR count). The van der Waals surface area contributed by atoms with Crippen molar-refractivity contribution in [1.82, 2.24) is 16.0 Å². The van der Waals surface area contributed by atoms with E-state index < -0.39 is 59.1 Å². The van der Waals surface area contributed by atoms with Gasteiger partial charge in [0.05, 0.1) is 35.4 Å². The predicted octanol–water partition coefficient (Wildman–Crippen LogP) is 4.27. The summed E-state index contributed by atoms with van der Waals surface area (Å²) in [4.78, 5) is 24.5. The highest BCUT2D eigenvalue weighted by Gasteiger charge is 2.50. The van der Waals surface area contributed by atoms with Crippen LogP contribution in [-0.2, 0) is 27.4 Å². The molecule has 2 heterocycles. The summed E-state index contributed by atoms with van der Waals surface area (Å²) < 4.78 is 85.4. The maximum Gasteiger partial charge on any atom is 0.416 e. The zero-order valence-corrected chi connectivity index (χ0v) is 18.3. The van der Waals surface area contributed by atoms with Gasteiger partial charge in [-0.2, -0.15) is 26.3 Å². The van der Waals surface area contributed by atoms with E-state index >= 15 is 0 Å². The molecule has 0 radical (unpaired) electrons. The Balaban J connectivity index is 1.64. The van der Waals surface area contributed by atoms with E-state index in [0.29, 0.717) is 17.7 Å². The van der Waals surface area contributed by atoms with Gasteiger partial charge in [0, 0.05) is 0 Å². The maximum atomic E-state index is 13.3. The predicted molar refractivity (Wildman–Crippen MR) is 111 cm³/mol. The molecule has 3 amide bonds. The highest BCUT2D eigenvalue weighted by molar-refractivity contribution is 5.92. The van der Waals surface area contributed by atoms with Crippen molar-refractivity contribution in [3.63, 3.8) is 0 Å². The zero-order chi connectivity index (χ0) is 25.6. The number of halogens is 6. The summed E-state index contributed by atoms with van der Waals surface area (Å²) in [5.41, 5.74) is -3.76. The molecule has 2 saturated heterocycles. The Morgan fingerprint density at radius 2 is 1.57 bits per heavy atom. The Labute approximate surface area is 196 Å². The van der Waals surface area contributed by atoms with Gasteiger partial charge in [-0.3, -0.25) is 4.79 Å². The molecule has 2 aliphatic rings. The van der Waals surface area contributed by atoms with E-state index in [1.807, 2.05) is 0 Å². The zero-order valence-electron chi connectivity index (χ0n) is 18.3. The summed E-state index contributed by atoms with van der Waals surface area (Å²) in [6.07, 6.45) is -11.0. The van der Waals surface area contributed by atoms with Crippen LogP contribution in [-0.4, -0.2) is 30.6 Å². The fourth-order valence-corrected chi connectivity index (χ4v) is 4.40. The standard InChI is InChI=1S/C23H21F6N3O3/c1-12(13-7-15(22(24,25)26)9-16(8-13)23(27,28)29)35-11-21(14-5-3-2-4-6-14)10-17-18(19(33)32-21)31-20(34)30-17/h2-9,12,17-18H,10-11H2,1H3,(H,32,33)(H2,30,31,34)/t12-,17-,18?,21-/m1/s1. The highest BCUT2D eigenvalue weighted by atomic mass is 19.4. The van der Waals surface area contributed by atoms with Crippen LogP contribution in [0.25, 0.3) is 0 Å². The molecule has 0 saturated carbocycles. The monoisotopic (exact) mass is 501 g/mol. The van der Waals surface area contributed by atoms with Crippen LogP contribution in [0.1, 0.15) is 41.7 Å². The molecule has 12 heteroatoms. The Kier molecular flexibility index (Phi) is 6.20. The lowest BCUT2D eigenvalue weighted by Crippen LogP contribution is -2.64. The van der Waals surface area contributed by atoms with Gasteiger partial charge in [0.25, 0.3) is 0 Å². The van der Waals surface area contributed by atoms with Crippen LogP contribution in [0.5, 0.6) is 0 Å². The first kappa shape index (κ1) is 24.8. The van der Waals surface area contributed by atoms with Crippen LogP contribution in [0.3, 0.4) is 0 Å². The van der Waals surface area contributed by atoms with Crippen molar-refractivity contribution in [2.45, 2.75) is 49.4 Å².